The molecule has 0 bridgehead atoms. The van der Waals surface area contributed by atoms with Gasteiger partial charge < -0.3 is 0 Å². The number of carbonyl (C=O) groups is 1. The van der Waals surface area contributed by atoms with Gasteiger partial charge in [-0.15, -0.1) is 0 Å². The first-order chi connectivity index (χ1) is 4.31. The van der Waals surface area contributed by atoms with E-state index in [0.29, 0.717) is 6.42 Å². The first kappa shape index (κ1) is 8.41. The fourth-order valence-corrected chi connectivity index (χ4v) is 0.579. The summed E-state index contributed by atoms with van der Waals surface area (Å²) in [5.74, 6) is 0.249. The van der Waals surface area contributed by atoms with E-state index in [1.807, 2.05) is 19.9 Å². The van der Waals surface area contributed by atoms with E-state index in [9.17, 15) is 4.79 Å². The number of hydrogen-bond acceptors (Lipinski definition) is 1. The Labute approximate surface area is 56.8 Å². The normalized spacial score (nSPS) is 10.4. The van der Waals surface area contributed by atoms with Gasteiger partial charge >= 0.3 is 0 Å². The number of allylic oxidation sites excluding steroid dienone is 2. The van der Waals surface area contributed by atoms with E-state index in [-0.39, 0.29) is 5.78 Å². The molecule has 0 saturated heterocycles. The van der Waals surface area contributed by atoms with Crippen LogP contribution in [0.3, 0.4) is 0 Å². The fourth-order valence-electron chi connectivity index (χ4n) is 0.579. The summed E-state index contributed by atoms with van der Waals surface area (Å²) >= 11 is 0. The van der Waals surface area contributed by atoms with Gasteiger partial charge in [0.05, 0.1) is 0 Å². The van der Waals surface area contributed by atoms with E-state index >= 15 is 0 Å². The molecule has 1 nitrogen and oxygen atoms in total. The van der Waals surface area contributed by atoms with E-state index in [1.54, 1.807) is 6.08 Å². The van der Waals surface area contributed by atoms with Crippen molar-refractivity contribution >= 4 is 5.78 Å². The number of ketones is 1. The van der Waals surface area contributed by atoms with Gasteiger partial charge in [-0.05, 0) is 18.9 Å². The predicted octanol–water partition coefficient (Wildman–Crippen LogP) is 2.32. The highest BCUT2D eigenvalue weighted by molar-refractivity contribution is 5.89. The highest BCUT2D eigenvalue weighted by Crippen LogP contribution is 1.91. The Morgan fingerprint density at radius 2 is 2.11 bits per heavy atom. The molecule has 0 aromatic heterocycles. The zero-order valence-corrected chi connectivity index (χ0v) is 6.18. The molecule has 0 spiro atoms. The molecule has 0 aliphatic carbocycles. The topological polar surface area (TPSA) is 17.1 Å². The van der Waals surface area contributed by atoms with Gasteiger partial charge in [-0.1, -0.05) is 19.9 Å². The van der Waals surface area contributed by atoms with Gasteiger partial charge in [-0.3, -0.25) is 4.79 Å². The first-order valence-electron chi connectivity index (χ1n) is 3.50. The number of carbonyl (C=O) groups excluding carboxylic acids is 1. The van der Waals surface area contributed by atoms with Crippen LogP contribution in [0.1, 0.15) is 33.1 Å². The van der Waals surface area contributed by atoms with Crippen LogP contribution in [0.5, 0.6) is 0 Å². The molecule has 0 aromatic carbocycles. The molecule has 0 radical (unpaired) electrons. The molecule has 0 unspecified atom stereocenters. The summed E-state index contributed by atoms with van der Waals surface area (Å²) in [5, 5.41) is 0. The first-order valence-corrected chi connectivity index (χ1v) is 3.50. The molecule has 0 amide bonds. The molecule has 0 atom stereocenters. The Morgan fingerprint density at radius 3 is 2.56 bits per heavy atom. The van der Waals surface area contributed by atoms with Crippen molar-refractivity contribution in [1.82, 2.24) is 0 Å². The Kier molecular flexibility index (Phi) is 5.18. The number of hydrogen-bond donors (Lipinski definition) is 0. The van der Waals surface area contributed by atoms with Crippen molar-refractivity contribution in [3.63, 3.8) is 0 Å². The van der Waals surface area contributed by atoms with Crippen molar-refractivity contribution in [3.8, 4) is 0 Å². The van der Waals surface area contributed by atoms with Crippen LogP contribution in [0.2, 0.25) is 0 Å². The highest BCUT2D eigenvalue weighted by Gasteiger charge is 1.89. The largest absolute Gasteiger partial charge is 0.295 e. The third-order valence-electron chi connectivity index (χ3n) is 1.04. The minimum atomic E-state index is 0.249. The second-order valence-corrected chi connectivity index (χ2v) is 2.03. The van der Waals surface area contributed by atoms with Gasteiger partial charge in [0.1, 0.15) is 0 Å². The average Bonchev–Trinajstić information content (AvgIpc) is 1.85. The van der Waals surface area contributed by atoms with Crippen LogP contribution in [0, 0.1) is 0 Å². The van der Waals surface area contributed by atoms with Crippen LogP contribution >= 0.6 is 0 Å². The van der Waals surface area contributed by atoms with E-state index in [4.69, 9.17) is 0 Å². The molecule has 0 heterocycles. The van der Waals surface area contributed by atoms with E-state index in [2.05, 4.69) is 0 Å². The van der Waals surface area contributed by atoms with Gasteiger partial charge in [0, 0.05) is 6.42 Å². The molecule has 0 saturated carbocycles. The Bertz CT molecular complexity index is 103. The van der Waals surface area contributed by atoms with Crippen molar-refractivity contribution in [2.45, 2.75) is 33.1 Å². The summed E-state index contributed by atoms with van der Waals surface area (Å²) in [7, 11) is 0. The average molecular weight is 126 g/mol. The third-order valence-corrected chi connectivity index (χ3v) is 1.04. The lowest BCUT2D eigenvalue weighted by atomic mass is 10.2. The third kappa shape index (κ3) is 5.28. The molecule has 9 heavy (non-hydrogen) atoms. The van der Waals surface area contributed by atoms with Gasteiger partial charge in [-0.2, -0.15) is 0 Å². The zero-order chi connectivity index (χ0) is 7.11. The maximum Gasteiger partial charge on any atom is 0.155 e. The van der Waals surface area contributed by atoms with Gasteiger partial charge in [0.2, 0.25) is 0 Å². The van der Waals surface area contributed by atoms with Crippen LogP contribution in [0.4, 0.5) is 0 Å². The summed E-state index contributed by atoms with van der Waals surface area (Å²) in [6.07, 6.45) is 6.17. The Morgan fingerprint density at radius 1 is 1.44 bits per heavy atom. The summed E-state index contributed by atoms with van der Waals surface area (Å²) in [4.78, 5) is 10.7. The van der Waals surface area contributed by atoms with Crippen molar-refractivity contribution in [1.29, 1.82) is 0 Å². The van der Waals surface area contributed by atoms with Crippen molar-refractivity contribution < 1.29 is 4.79 Å². The zero-order valence-electron chi connectivity index (χ0n) is 6.18. The van der Waals surface area contributed by atoms with E-state index in [1.165, 1.54) is 0 Å². The molecule has 0 aromatic rings. The van der Waals surface area contributed by atoms with Crippen LogP contribution in [0.15, 0.2) is 12.2 Å². The molecule has 0 aliphatic heterocycles. The van der Waals surface area contributed by atoms with Crippen LogP contribution < -0.4 is 0 Å². The minimum Gasteiger partial charge on any atom is -0.295 e. The van der Waals surface area contributed by atoms with Gasteiger partial charge in [0.25, 0.3) is 0 Å². The van der Waals surface area contributed by atoms with Gasteiger partial charge in [-0.25, -0.2) is 0 Å². The molecule has 0 N–H and O–H groups in total. The van der Waals surface area contributed by atoms with E-state index in [0.717, 1.165) is 12.8 Å². The van der Waals surface area contributed by atoms with Crippen molar-refractivity contribution in [2.24, 2.45) is 0 Å². The molecule has 0 fully saturated rings. The van der Waals surface area contributed by atoms with Crippen molar-refractivity contribution in [3.05, 3.63) is 12.2 Å². The summed E-state index contributed by atoms with van der Waals surface area (Å²) in [6, 6.07) is 0. The standard InChI is InChI=1S/C8H14O/c1-3-5-7-8(9)6-4-2/h5,7H,3-4,6H2,1-2H3. The molecular weight excluding hydrogens is 112 g/mol. The molecule has 0 aliphatic rings. The molecule has 52 valence electrons. The number of rotatable bonds is 4. The second-order valence-electron chi connectivity index (χ2n) is 2.03. The smallest absolute Gasteiger partial charge is 0.155 e. The van der Waals surface area contributed by atoms with Crippen LogP contribution in [-0.2, 0) is 4.79 Å². The Hall–Kier alpha value is -0.590. The fraction of sp³-hybridized carbons (Fsp3) is 0.625. The SMILES string of the molecule is CCC=CC(=O)CCC. The summed E-state index contributed by atoms with van der Waals surface area (Å²) < 4.78 is 0. The van der Waals surface area contributed by atoms with E-state index < -0.39 is 0 Å². The lowest BCUT2D eigenvalue weighted by Gasteiger charge is -1.86. The quantitative estimate of drug-likeness (QED) is 0.528. The lowest BCUT2D eigenvalue weighted by Crippen LogP contribution is -1.89. The van der Waals surface area contributed by atoms with Crippen molar-refractivity contribution in [2.75, 3.05) is 0 Å². The Balaban J connectivity index is 3.37. The lowest BCUT2D eigenvalue weighted by molar-refractivity contribution is -0.114. The molecule has 0 rings (SSSR count). The van der Waals surface area contributed by atoms with Crippen LogP contribution in [0.25, 0.3) is 0 Å². The second kappa shape index (κ2) is 5.54. The molecule has 1 heteroatoms. The summed E-state index contributed by atoms with van der Waals surface area (Å²) in [5.41, 5.74) is 0. The molecular formula is C8H14O. The maximum atomic E-state index is 10.7. The minimum absolute atomic E-state index is 0.249. The highest BCUT2D eigenvalue weighted by atomic mass is 16.1. The monoisotopic (exact) mass is 126 g/mol. The summed E-state index contributed by atoms with van der Waals surface area (Å²) in [6.45, 7) is 4.04. The maximum absolute atomic E-state index is 10.7. The van der Waals surface area contributed by atoms with Crippen LogP contribution in [-0.4, -0.2) is 5.78 Å². The predicted molar refractivity (Wildman–Crippen MR) is 39.3 cm³/mol. The van der Waals surface area contributed by atoms with Gasteiger partial charge in [0.15, 0.2) is 5.78 Å².